The normalized spacial score (nSPS) is 19.9. The molecule has 0 aromatic carbocycles. The van der Waals surface area contributed by atoms with E-state index in [-0.39, 0.29) is 11.9 Å². The van der Waals surface area contributed by atoms with E-state index in [1.165, 1.54) is 25.7 Å². The van der Waals surface area contributed by atoms with Crippen molar-refractivity contribution in [2.45, 2.75) is 31.7 Å². The first kappa shape index (κ1) is 13.6. The molecule has 2 fully saturated rings. The second-order valence-corrected chi connectivity index (χ2v) is 6.30. The third-order valence-electron chi connectivity index (χ3n) is 4.26. The highest BCUT2D eigenvalue weighted by Crippen LogP contribution is 2.34. The van der Waals surface area contributed by atoms with Gasteiger partial charge in [-0.1, -0.05) is 0 Å². The van der Waals surface area contributed by atoms with Gasteiger partial charge in [-0.25, -0.2) is 0 Å². The first-order valence-corrected chi connectivity index (χ1v) is 7.62. The van der Waals surface area contributed by atoms with Crippen LogP contribution >= 0.6 is 0 Å². The average Bonchev–Trinajstić information content (AvgIpc) is 3.33. The molecule has 2 aliphatic rings. The van der Waals surface area contributed by atoms with Gasteiger partial charge in [0, 0.05) is 31.9 Å². The van der Waals surface area contributed by atoms with E-state index >= 15 is 0 Å². The molecule has 1 heterocycles. The van der Waals surface area contributed by atoms with E-state index in [1.807, 2.05) is 20.3 Å². The molecule has 110 valence electrons. The lowest BCUT2D eigenvalue weighted by molar-refractivity contribution is -0.134. The van der Waals surface area contributed by atoms with Crippen LogP contribution in [0.4, 0.5) is 0 Å². The molecule has 1 unspecified atom stereocenters. The summed E-state index contributed by atoms with van der Waals surface area (Å²) in [5, 5.41) is 7.33. The fourth-order valence-corrected chi connectivity index (χ4v) is 2.68. The van der Waals surface area contributed by atoms with Crippen LogP contribution in [-0.2, 0) is 11.8 Å². The molecule has 2 aliphatic carbocycles. The SMILES string of the molecule is CNC(C(=O)N(CC1CC1)CC1CC1)c1cnn(C)c1. The molecule has 1 amide bonds. The largest absolute Gasteiger partial charge is 0.340 e. The molecule has 2 saturated carbocycles. The van der Waals surface area contributed by atoms with E-state index in [0.717, 1.165) is 30.5 Å². The number of hydrogen-bond donors (Lipinski definition) is 1. The van der Waals surface area contributed by atoms with Crippen LogP contribution in [0.15, 0.2) is 12.4 Å². The number of likely N-dealkylation sites (N-methyl/N-ethyl adjacent to an activating group) is 1. The number of aryl methyl sites for hydroxylation is 1. The van der Waals surface area contributed by atoms with Crippen LogP contribution in [-0.4, -0.2) is 40.7 Å². The van der Waals surface area contributed by atoms with Gasteiger partial charge in [-0.05, 0) is 44.6 Å². The standard InChI is InChI=1S/C15H24N4O/c1-16-14(13-7-17-18(2)10-13)15(20)19(8-11-3-4-11)9-12-5-6-12/h7,10-12,14,16H,3-6,8-9H2,1-2H3. The smallest absolute Gasteiger partial charge is 0.244 e. The topological polar surface area (TPSA) is 50.2 Å². The summed E-state index contributed by atoms with van der Waals surface area (Å²) in [6.45, 7) is 1.88. The zero-order chi connectivity index (χ0) is 14.1. The highest BCUT2D eigenvalue weighted by molar-refractivity contribution is 5.83. The Morgan fingerprint density at radius 1 is 1.40 bits per heavy atom. The van der Waals surface area contributed by atoms with Gasteiger partial charge in [0.2, 0.25) is 5.91 Å². The number of nitrogens with one attached hydrogen (secondary N) is 1. The van der Waals surface area contributed by atoms with Crippen LogP contribution in [0.3, 0.4) is 0 Å². The van der Waals surface area contributed by atoms with E-state index in [9.17, 15) is 4.79 Å². The molecule has 1 atom stereocenters. The maximum Gasteiger partial charge on any atom is 0.244 e. The van der Waals surface area contributed by atoms with Crippen molar-refractivity contribution in [1.82, 2.24) is 20.0 Å². The number of rotatable bonds is 7. The maximum atomic E-state index is 12.8. The highest BCUT2D eigenvalue weighted by Gasteiger charge is 2.34. The monoisotopic (exact) mass is 276 g/mol. The third-order valence-corrected chi connectivity index (χ3v) is 4.26. The minimum Gasteiger partial charge on any atom is -0.340 e. The van der Waals surface area contributed by atoms with Gasteiger partial charge < -0.3 is 10.2 Å². The van der Waals surface area contributed by atoms with Crippen LogP contribution in [0.5, 0.6) is 0 Å². The van der Waals surface area contributed by atoms with Gasteiger partial charge in [0.25, 0.3) is 0 Å². The third kappa shape index (κ3) is 3.20. The van der Waals surface area contributed by atoms with Crippen LogP contribution < -0.4 is 5.32 Å². The summed E-state index contributed by atoms with van der Waals surface area (Å²) in [6, 6.07) is -0.263. The Balaban J connectivity index is 1.71. The number of amides is 1. The molecule has 0 saturated heterocycles. The summed E-state index contributed by atoms with van der Waals surface area (Å²) in [5.74, 6) is 1.69. The summed E-state index contributed by atoms with van der Waals surface area (Å²) in [5.41, 5.74) is 0.955. The van der Waals surface area contributed by atoms with Gasteiger partial charge in [0.1, 0.15) is 6.04 Å². The van der Waals surface area contributed by atoms with Gasteiger partial charge in [-0.2, -0.15) is 5.10 Å². The molecule has 0 bridgehead atoms. The van der Waals surface area contributed by atoms with Gasteiger partial charge in [-0.3, -0.25) is 9.48 Å². The Morgan fingerprint density at radius 2 is 2.00 bits per heavy atom. The van der Waals surface area contributed by atoms with Crippen molar-refractivity contribution in [1.29, 1.82) is 0 Å². The second kappa shape index (κ2) is 5.56. The quantitative estimate of drug-likeness (QED) is 0.817. The van der Waals surface area contributed by atoms with Crippen LogP contribution in [0.1, 0.15) is 37.3 Å². The van der Waals surface area contributed by atoms with Crippen molar-refractivity contribution in [3.63, 3.8) is 0 Å². The van der Waals surface area contributed by atoms with Crippen molar-refractivity contribution in [3.05, 3.63) is 18.0 Å². The number of carbonyl (C=O) groups excluding carboxylic acids is 1. The Morgan fingerprint density at radius 3 is 2.40 bits per heavy atom. The fourth-order valence-electron chi connectivity index (χ4n) is 2.68. The molecular formula is C15H24N4O. The number of nitrogens with zero attached hydrogens (tertiary/aromatic N) is 3. The molecule has 0 aliphatic heterocycles. The zero-order valence-electron chi connectivity index (χ0n) is 12.4. The highest BCUT2D eigenvalue weighted by atomic mass is 16.2. The number of hydrogen-bond acceptors (Lipinski definition) is 3. The van der Waals surface area contributed by atoms with Gasteiger partial charge in [0.05, 0.1) is 6.20 Å². The van der Waals surface area contributed by atoms with Crippen LogP contribution in [0, 0.1) is 11.8 Å². The van der Waals surface area contributed by atoms with Crippen molar-refractivity contribution in [2.75, 3.05) is 20.1 Å². The van der Waals surface area contributed by atoms with E-state index in [0.29, 0.717) is 0 Å². The molecule has 1 aromatic rings. The molecule has 0 spiro atoms. The lowest BCUT2D eigenvalue weighted by atomic mass is 10.1. The van der Waals surface area contributed by atoms with Crippen molar-refractivity contribution < 1.29 is 4.79 Å². The van der Waals surface area contributed by atoms with Crippen molar-refractivity contribution >= 4 is 5.91 Å². The molecule has 1 N–H and O–H groups in total. The number of carbonyl (C=O) groups is 1. The molecule has 5 heteroatoms. The molecule has 20 heavy (non-hydrogen) atoms. The first-order chi connectivity index (χ1) is 9.67. The van der Waals surface area contributed by atoms with Crippen molar-refractivity contribution in [2.24, 2.45) is 18.9 Å². The first-order valence-electron chi connectivity index (χ1n) is 7.62. The molecule has 1 aromatic heterocycles. The molecule has 5 nitrogen and oxygen atoms in total. The van der Waals surface area contributed by atoms with Gasteiger partial charge in [0.15, 0.2) is 0 Å². The Labute approximate surface area is 120 Å². The minimum atomic E-state index is -0.263. The zero-order valence-corrected chi connectivity index (χ0v) is 12.4. The van der Waals surface area contributed by atoms with E-state index < -0.39 is 0 Å². The minimum absolute atomic E-state index is 0.208. The second-order valence-electron chi connectivity index (χ2n) is 6.30. The molecular weight excluding hydrogens is 252 g/mol. The van der Waals surface area contributed by atoms with Crippen LogP contribution in [0.2, 0.25) is 0 Å². The predicted octanol–water partition coefficient (Wildman–Crippen LogP) is 1.33. The summed E-state index contributed by atoms with van der Waals surface area (Å²) in [7, 11) is 3.73. The summed E-state index contributed by atoms with van der Waals surface area (Å²) in [4.78, 5) is 14.9. The molecule has 0 radical (unpaired) electrons. The average molecular weight is 276 g/mol. The molecule has 3 rings (SSSR count). The fraction of sp³-hybridized carbons (Fsp3) is 0.733. The van der Waals surface area contributed by atoms with Gasteiger partial charge >= 0.3 is 0 Å². The lowest BCUT2D eigenvalue weighted by Gasteiger charge is -2.27. The van der Waals surface area contributed by atoms with Gasteiger partial charge in [-0.15, -0.1) is 0 Å². The summed E-state index contributed by atoms with van der Waals surface area (Å²) >= 11 is 0. The lowest BCUT2D eigenvalue weighted by Crippen LogP contribution is -2.42. The van der Waals surface area contributed by atoms with E-state index in [1.54, 1.807) is 10.9 Å². The summed E-state index contributed by atoms with van der Waals surface area (Å²) in [6.07, 6.45) is 8.84. The Hall–Kier alpha value is -1.36. The Bertz CT molecular complexity index is 462. The van der Waals surface area contributed by atoms with E-state index in [4.69, 9.17) is 0 Å². The maximum absolute atomic E-state index is 12.8. The Kier molecular flexibility index (Phi) is 3.78. The summed E-state index contributed by atoms with van der Waals surface area (Å²) < 4.78 is 1.75. The van der Waals surface area contributed by atoms with E-state index in [2.05, 4.69) is 15.3 Å². The number of aromatic nitrogens is 2. The van der Waals surface area contributed by atoms with Crippen molar-refractivity contribution in [3.8, 4) is 0 Å². The van der Waals surface area contributed by atoms with Crippen LogP contribution in [0.25, 0.3) is 0 Å². The predicted molar refractivity (Wildman–Crippen MR) is 77.0 cm³/mol.